The van der Waals surface area contributed by atoms with Crippen LogP contribution in [-0.2, 0) is 0 Å². The zero-order valence-corrected chi connectivity index (χ0v) is 10.2. The van der Waals surface area contributed by atoms with Crippen LogP contribution in [0.2, 0.25) is 0 Å². The molecule has 0 radical (unpaired) electrons. The fourth-order valence-corrected chi connectivity index (χ4v) is 2.08. The number of urea groups is 1. The number of carbonyl (C=O) groups excluding carboxylic acids is 1. The highest BCUT2D eigenvalue weighted by Gasteiger charge is 2.35. The van der Waals surface area contributed by atoms with Gasteiger partial charge in [-0.15, -0.1) is 0 Å². The van der Waals surface area contributed by atoms with Gasteiger partial charge in [0.25, 0.3) is 0 Å². The number of nitrogens with one attached hydrogen (secondary N) is 1. The van der Waals surface area contributed by atoms with E-state index in [1.165, 1.54) is 4.90 Å². The summed E-state index contributed by atoms with van der Waals surface area (Å²) in [6.45, 7) is 1.68. The number of carbonyl (C=O) groups is 1. The van der Waals surface area contributed by atoms with E-state index < -0.39 is 18.8 Å². The van der Waals surface area contributed by atoms with Crippen molar-refractivity contribution in [2.45, 2.75) is 19.1 Å². The van der Waals surface area contributed by atoms with Gasteiger partial charge in [-0.05, 0) is 20.0 Å². The van der Waals surface area contributed by atoms with Gasteiger partial charge in [-0.1, -0.05) is 6.92 Å². The third-order valence-corrected chi connectivity index (χ3v) is 2.96. The number of alkyl halides is 3. The minimum atomic E-state index is -4.36. The molecule has 2 unspecified atom stereocenters. The second-order valence-corrected chi connectivity index (χ2v) is 4.69. The van der Waals surface area contributed by atoms with Gasteiger partial charge in [0, 0.05) is 19.1 Å². The summed E-state index contributed by atoms with van der Waals surface area (Å²) in [6.07, 6.45) is -4.36. The van der Waals surface area contributed by atoms with Crippen LogP contribution in [0, 0.1) is 5.92 Å². The van der Waals surface area contributed by atoms with E-state index in [9.17, 15) is 18.0 Å². The molecule has 0 aromatic carbocycles. The Morgan fingerprint density at radius 3 is 2.41 bits per heavy atom. The molecule has 1 N–H and O–H groups in total. The summed E-state index contributed by atoms with van der Waals surface area (Å²) in [4.78, 5) is 14.9. The number of hydrogen-bond donors (Lipinski definition) is 1. The summed E-state index contributed by atoms with van der Waals surface area (Å²) >= 11 is 0. The number of likely N-dealkylation sites (N-methyl/N-ethyl adjacent to an activating group) is 1. The molecule has 1 heterocycles. The molecule has 2 atom stereocenters. The molecule has 1 aliphatic heterocycles. The molecule has 1 rings (SSSR count). The zero-order valence-electron chi connectivity index (χ0n) is 10.2. The molecule has 0 spiro atoms. The van der Waals surface area contributed by atoms with Gasteiger partial charge < -0.3 is 15.1 Å². The first-order valence-electron chi connectivity index (χ1n) is 5.46. The third kappa shape index (κ3) is 4.07. The lowest BCUT2D eigenvalue weighted by molar-refractivity contribution is -0.123. The molecule has 0 bridgehead atoms. The highest BCUT2D eigenvalue weighted by Crippen LogP contribution is 2.20. The van der Waals surface area contributed by atoms with E-state index in [1.54, 1.807) is 0 Å². The minimum absolute atomic E-state index is 0.201. The average Bonchev–Trinajstić information content (AvgIpc) is 2.55. The van der Waals surface area contributed by atoms with Gasteiger partial charge in [-0.2, -0.15) is 13.2 Å². The molecule has 0 aromatic rings. The molecule has 0 aliphatic carbocycles. The molecule has 4 nitrogen and oxygen atoms in total. The van der Waals surface area contributed by atoms with E-state index in [1.807, 2.05) is 31.2 Å². The molecule has 1 fully saturated rings. The van der Waals surface area contributed by atoms with E-state index in [0.717, 1.165) is 0 Å². The lowest BCUT2D eigenvalue weighted by atomic mass is 10.1. The standard InChI is InChI=1S/C10H18F3N3O/c1-7-4-16(5-8(7)15(2)3)9(17)14-6-10(11,12)13/h7-8H,4-6H2,1-3H3,(H,14,17). The van der Waals surface area contributed by atoms with Crippen molar-refractivity contribution in [3.05, 3.63) is 0 Å². The predicted octanol–water partition coefficient (Wildman–Crippen LogP) is 1.14. The maximum atomic E-state index is 11.9. The number of rotatable bonds is 2. The zero-order chi connectivity index (χ0) is 13.2. The number of hydrogen-bond acceptors (Lipinski definition) is 2. The van der Waals surface area contributed by atoms with E-state index >= 15 is 0 Å². The number of halogens is 3. The van der Waals surface area contributed by atoms with Crippen molar-refractivity contribution in [2.75, 3.05) is 33.7 Å². The summed E-state index contributed by atoms with van der Waals surface area (Å²) in [5.41, 5.74) is 0. The van der Waals surface area contributed by atoms with Crippen LogP contribution in [0.1, 0.15) is 6.92 Å². The SMILES string of the molecule is CC1CN(C(=O)NCC(F)(F)F)CC1N(C)C. The molecule has 7 heteroatoms. The summed E-state index contributed by atoms with van der Waals surface area (Å²) in [6, 6.07) is -0.440. The highest BCUT2D eigenvalue weighted by molar-refractivity contribution is 5.74. The second-order valence-electron chi connectivity index (χ2n) is 4.69. The topological polar surface area (TPSA) is 35.6 Å². The molecule has 17 heavy (non-hydrogen) atoms. The van der Waals surface area contributed by atoms with Crippen molar-refractivity contribution in [3.8, 4) is 0 Å². The van der Waals surface area contributed by atoms with Crippen molar-refractivity contribution in [1.82, 2.24) is 15.1 Å². The van der Waals surface area contributed by atoms with Crippen LogP contribution in [0.15, 0.2) is 0 Å². The molecule has 0 aromatic heterocycles. The fraction of sp³-hybridized carbons (Fsp3) is 0.900. The van der Waals surface area contributed by atoms with E-state index in [4.69, 9.17) is 0 Å². The fourth-order valence-electron chi connectivity index (χ4n) is 2.08. The number of likely N-dealkylation sites (tertiary alicyclic amines) is 1. The maximum absolute atomic E-state index is 11.9. The molecular formula is C10H18F3N3O. The van der Waals surface area contributed by atoms with Crippen molar-refractivity contribution < 1.29 is 18.0 Å². The molecule has 2 amide bonds. The van der Waals surface area contributed by atoms with Crippen molar-refractivity contribution in [1.29, 1.82) is 0 Å². The van der Waals surface area contributed by atoms with Crippen LogP contribution in [0.5, 0.6) is 0 Å². The van der Waals surface area contributed by atoms with Gasteiger partial charge in [0.2, 0.25) is 0 Å². The van der Waals surface area contributed by atoms with Crippen LogP contribution in [0.3, 0.4) is 0 Å². The van der Waals surface area contributed by atoms with Crippen molar-refractivity contribution >= 4 is 6.03 Å². The monoisotopic (exact) mass is 253 g/mol. The van der Waals surface area contributed by atoms with Crippen LogP contribution >= 0.6 is 0 Å². The van der Waals surface area contributed by atoms with Crippen molar-refractivity contribution in [2.24, 2.45) is 5.92 Å². The predicted molar refractivity (Wildman–Crippen MR) is 57.7 cm³/mol. The Balaban J connectivity index is 2.45. The van der Waals surface area contributed by atoms with Gasteiger partial charge >= 0.3 is 12.2 Å². The minimum Gasteiger partial charge on any atom is -0.329 e. The first kappa shape index (κ1) is 14.1. The van der Waals surface area contributed by atoms with Gasteiger partial charge in [0.05, 0.1) is 0 Å². The third-order valence-electron chi connectivity index (χ3n) is 2.96. The summed E-state index contributed by atoms with van der Waals surface area (Å²) in [7, 11) is 3.80. The first-order chi connectivity index (χ1) is 7.70. The van der Waals surface area contributed by atoms with Gasteiger partial charge in [-0.25, -0.2) is 4.79 Å². The summed E-state index contributed by atoms with van der Waals surface area (Å²) < 4.78 is 35.8. The van der Waals surface area contributed by atoms with Crippen LogP contribution in [0.4, 0.5) is 18.0 Å². The van der Waals surface area contributed by atoms with E-state index in [0.29, 0.717) is 13.1 Å². The number of amides is 2. The van der Waals surface area contributed by atoms with Crippen LogP contribution in [0.25, 0.3) is 0 Å². The maximum Gasteiger partial charge on any atom is 0.405 e. The second kappa shape index (κ2) is 5.12. The molecule has 100 valence electrons. The van der Waals surface area contributed by atoms with Gasteiger partial charge in [0.1, 0.15) is 6.54 Å². The smallest absolute Gasteiger partial charge is 0.329 e. The lowest BCUT2D eigenvalue weighted by Gasteiger charge is -2.22. The van der Waals surface area contributed by atoms with Crippen LogP contribution in [-0.4, -0.2) is 61.8 Å². The Morgan fingerprint density at radius 1 is 1.41 bits per heavy atom. The average molecular weight is 253 g/mol. The van der Waals surface area contributed by atoms with Crippen molar-refractivity contribution in [3.63, 3.8) is 0 Å². The van der Waals surface area contributed by atoms with Crippen LogP contribution < -0.4 is 5.32 Å². The normalized spacial score (nSPS) is 25.5. The Hall–Kier alpha value is -0.980. The Morgan fingerprint density at radius 2 is 2.00 bits per heavy atom. The molecule has 1 saturated heterocycles. The Kier molecular flexibility index (Phi) is 4.24. The summed E-state index contributed by atoms with van der Waals surface area (Å²) in [5, 5.41) is 1.89. The molecular weight excluding hydrogens is 235 g/mol. The molecule has 1 aliphatic rings. The van der Waals surface area contributed by atoms with E-state index in [2.05, 4.69) is 0 Å². The first-order valence-corrected chi connectivity index (χ1v) is 5.46. The Bertz CT molecular complexity index is 280. The number of nitrogens with zero attached hydrogens (tertiary/aromatic N) is 2. The lowest BCUT2D eigenvalue weighted by Crippen LogP contribution is -2.43. The quantitative estimate of drug-likeness (QED) is 0.801. The highest BCUT2D eigenvalue weighted by atomic mass is 19.4. The molecule has 0 saturated carbocycles. The van der Waals surface area contributed by atoms with Gasteiger partial charge in [0.15, 0.2) is 0 Å². The largest absolute Gasteiger partial charge is 0.405 e. The van der Waals surface area contributed by atoms with Gasteiger partial charge in [-0.3, -0.25) is 0 Å². The Labute approximate surface area is 98.7 Å². The summed E-state index contributed by atoms with van der Waals surface area (Å²) in [5.74, 6) is 0.265. The van der Waals surface area contributed by atoms with E-state index in [-0.39, 0.29) is 12.0 Å².